The largest absolute Gasteiger partial charge is 0.456 e. The Kier molecular flexibility index (Phi) is 7.62. The molecular weight excluding hydrogens is 444 g/mol. The summed E-state index contributed by atoms with van der Waals surface area (Å²) in [6.07, 6.45) is 0.503. The highest BCUT2D eigenvalue weighted by Gasteiger charge is 2.42. The Labute approximate surface area is 197 Å². The Morgan fingerprint density at radius 3 is 2.58 bits per heavy atom. The summed E-state index contributed by atoms with van der Waals surface area (Å²) >= 11 is 5.90. The Balaban J connectivity index is 1.39. The van der Waals surface area contributed by atoms with E-state index in [0.29, 0.717) is 24.4 Å². The molecule has 2 aliphatic rings. The topological polar surface area (TPSA) is 97.0 Å². The number of amides is 2. The van der Waals surface area contributed by atoms with E-state index in [1.54, 1.807) is 12.1 Å². The summed E-state index contributed by atoms with van der Waals surface area (Å²) in [5.74, 6) is -1.30. The third-order valence-electron chi connectivity index (χ3n) is 5.95. The number of benzene rings is 2. The monoisotopic (exact) mass is 470 g/mol. The molecule has 0 bridgehead atoms. The number of carbonyl (C=O) groups excluding carboxylic acids is 3. The molecule has 4 atom stereocenters. The van der Waals surface area contributed by atoms with Crippen LogP contribution in [0.4, 0.5) is 0 Å². The van der Waals surface area contributed by atoms with Gasteiger partial charge in [0.1, 0.15) is 6.10 Å². The molecule has 8 heteroatoms. The normalized spacial score (nSPS) is 25.5. The van der Waals surface area contributed by atoms with Crippen molar-refractivity contribution < 1.29 is 23.9 Å². The molecule has 1 unspecified atom stereocenters. The Bertz CT molecular complexity index is 982. The van der Waals surface area contributed by atoms with E-state index < -0.39 is 12.0 Å². The third kappa shape index (κ3) is 6.79. The van der Waals surface area contributed by atoms with E-state index in [0.717, 1.165) is 11.1 Å². The standard InChI is InChI=1S/C25H27ClN2O5/c26-19-8-6-16(7-9-19)14-27-23(29)13-18-12-21-20(32-21)10-11-24(30)33-22(15-28-25(18)31)17-4-2-1-3-5-17/h1-9,18,20-22H,10-15H2,(H,27,29)(H,28,31)/t18-,20-,21?,22-/m0/s1. The van der Waals surface area contributed by atoms with Crippen molar-refractivity contribution in [2.45, 2.75) is 50.5 Å². The number of ether oxygens (including phenoxy) is 2. The van der Waals surface area contributed by atoms with Gasteiger partial charge in [0.2, 0.25) is 11.8 Å². The molecule has 174 valence electrons. The number of hydrogen-bond acceptors (Lipinski definition) is 5. The van der Waals surface area contributed by atoms with Gasteiger partial charge < -0.3 is 20.1 Å². The van der Waals surface area contributed by atoms with E-state index in [1.165, 1.54) is 0 Å². The number of rotatable bonds is 5. The highest BCUT2D eigenvalue weighted by molar-refractivity contribution is 6.30. The average Bonchev–Trinajstić information content (AvgIpc) is 3.57. The number of hydrogen-bond donors (Lipinski definition) is 2. The molecule has 2 aliphatic heterocycles. The van der Waals surface area contributed by atoms with Crippen LogP contribution in [0.15, 0.2) is 54.6 Å². The molecular formula is C25H27ClN2O5. The highest BCUT2D eigenvalue weighted by atomic mass is 35.5. The fourth-order valence-electron chi connectivity index (χ4n) is 4.01. The number of nitrogens with one attached hydrogen (secondary N) is 2. The average molecular weight is 471 g/mol. The first kappa shape index (κ1) is 23.3. The first-order valence-corrected chi connectivity index (χ1v) is 11.5. The van der Waals surface area contributed by atoms with Crippen LogP contribution in [-0.2, 0) is 30.4 Å². The summed E-state index contributed by atoms with van der Waals surface area (Å²) < 4.78 is 11.3. The summed E-state index contributed by atoms with van der Waals surface area (Å²) in [7, 11) is 0. The predicted molar refractivity (Wildman–Crippen MR) is 122 cm³/mol. The van der Waals surface area contributed by atoms with E-state index in [-0.39, 0.29) is 49.4 Å². The quantitative estimate of drug-likeness (QED) is 0.516. The molecule has 2 heterocycles. The molecule has 4 rings (SSSR count). The summed E-state index contributed by atoms with van der Waals surface area (Å²) in [6, 6.07) is 16.5. The lowest BCUT2D eigenvalue weighted by Gasteiger charge is -2.22. The zero-order chi connectivity index (χ0) is 23.2. The second-order valence-corrected chi connectivity index (χ2v) is 8.86. The van der Waals surface area contributed by atoms with Crippen molar-refractivity contribution in [3.63, 3.8) is 0 Å². The van der Waals surface area contributed by atoms with Crippen molar-refractivity contribution >= 4 is 29.4 Å². The van der Waals surface area contributed by atoms with Gasteiger partial charge in [0.25, 0.3) is 0 Å². The van der Waals surface area contributed by atoms with Gasteiger partial charge in [-0.05, 0) is 36.1 Å². The molecule has 0 saturated carbocycles. The van der Waals surface area contributed by atoms with Crippen molar-refractivity contribution in [1.82, 2.24) is 10.6 Å². The van der Waals surface area contributed by atoms with Crippen molar-refractivity contribution in [3.8, 4) is 0 Å². The van der Waals surface area contributed by atoms with Crippen LogP contribution < -0.4 is 10.6 Å². The zero-order valence-corrected chi connectivity index (χ0v) is 18.9. The summed E-state index contributed by atoms with van der Waals surface area (Å²) in [4.78, 5) is 37.9. The Morgan fingerprint density at radius 1 is 1.06 bits per heavy atom. The van der Waals surface area contributed by atoms with Gasteiger partial charge in [-0.2, -0.15) is 0 Å². The molecule has 2 amide bonds. The summed E-state index contributed by atoms with van der Waals surface area (Å²) in [5, 5.41) is 6.38. The van der Waals surface area contributed by atoms with E-state index in [4.69, 9.17) is 21.1 Å². The first-order chi connectivity index (χ1) is 16.0. The maximum absolute atomic E-state index is 13.0. The first-order valence-electron chi connectivity index (χ1n) is 11.2. The van der Waals surface area contributed by atoms with Crippen molar-refractivity contribution in [2.75, 3.05) is 6.54 Å². The fourth-order valence-corrected chi connectivity index (χ4v) is 4.14. The highest BCUT2D eigenvalue weighted by Crippen LogP contribution is 2.34. The molecule has 33 heavy (non-hydrogen) atoms. The number of halogens is 1. The molecule has 2 aromatic rings. The van der Waals surface area contributed by atoms with Crippen LogP contribution in [0.3, 0.4) is 0 Å². The van der Waals surface area contributed by atoms with Gasteiger partial charge in [0, 0.05) is 30.3 Å². The van der Waals surface area contributed by atoms with Crippen molar-refractivity contribution in [3.05, 3.63) is 70.7 Å². The van der Waals surface area contributed by atoms with Gasteiger partial charge >= 0.3 is 5.97 Å². The predicted octanol–water partition coefficient (Wildman–Crippen LogP) is 3.31. The molecule has 0 radical (unpaired) electrons. The van der Waals surface area contributed by atoms with Crippen LogP contribution in [0.5, 0.6) is 0 Å². The maximum Gasteiger partial charge on any atom is 0.306 e. The summed E-state index contributed by atoms with van der Waals surface area (Å²) in [6.45, 7) is 0.505. The van der Waals surface area contributed by atoms with Crippen LogP contribution in [0.1, 0.15) is 42.9 Å². The maximum atomic E-state index is 13.0. The van der Waals surface area contributed by atoms with Crippen LogP contribution in [0.2, 0.25) is 5.02 Å². The van der Waals surface area contributed by atoms with Gasteiger partial charge in [-0.15, -0.1) is 0 Å². The number of fused-ring (bicyclic) bond motifs is 1. The number of esters is 1. The second kappa shape index (κ2) is 10.8. The molecule has 2 N–H and O–H groups in total. The smallest absolute Gasteiger partial charge is 0.306 e. The second-order valence-electron chi connectivity index (χ2n) is 8.43. The fraction of sp³-hybridized carbons (Fsp3) is 0.400. The minimum absolute atomic E-state index is 0.0573. The molecule has 7 nitrogen and oxygen atoms in total. The summed E-state index contributed by atoms with van der Waals surface area (Å²) in [5.41, 5.74) is 1.73. The number of carbonyl (C=O) groups is 3. The number of cyclic esters (lactones) is 1. The Morgan fingerprint density at radius 2 is 1.82 bits per heavy atom. The van der Waals surface area contributed by atoms with E-state index in [2.05, 4.69) is 10.6 Å². The van der Waals surface area contributed by atoms with E-state index in [9.17, 15) is 14.4 Å². The lowest BCUT2D eigenvalue weighted by atomic mass is 9.95. The zero-order valence-electron chi connectivity index (χ0n) is 18.2. The van der Waals surface area contributed by atoms with Gasteiger partial charge in [0.15, 0.2) is 0 Å². The number of epoxide rings is 1. The SMILES string of the molecule is O=C(C[C@@H]1CC2O[C@H]2CCC(=O)O[C@H](c2ccccc2)CNC1=O)NCc1ccc(Cl)cc1. The van der Waals surface area contributed by atoms with Crippen LogP contribution in [0, 0.1) is 5.92 Å². The molecule has 2 aromatic carbocycles. The minimum atomic E-state index is -0.586. The van der Waals surface area contributed by atoms with Gasteiger partial charge in [0.05, 0.1) is 18.8 Å². The third-order valence-corrected chi connectivity index (χ3v) is 6.20. The van der Waals surface area contributed by atoms with Gasteiger partial charge in [-0.3, -0.25) is 14.4 Å². The molecule has 0 aliphatic carbocycles. The van der Waals surface area contributed by atoms with Crippen LogP contribution >= 0.6 is 11.6 Å². The van der Waals surface area contributed by atoms with Crippen LogP contribution in [-0.4, -0.2) is 36.5 Å². The van der Waals surface area contributed by atoms with Crippen molar-refractivity contribution in [1.29, 1.82) is 0 Å². The van der Waals surface area contributed by atoms with Crippen LogP contribution in [0.25, 0.3) is 0 Å². The lowest BCUT2D eigenvalue weighted by molar-refractivity contribution is -0.150. The van der Waals surface area contributed by atoms with E-state index >= 15 is 0 Å². The van der Waals surface area contributed by atoms with Gasteiger partial charge in [-0.1, -0.05) is 54.1 Å². The molecule has 0 spiro atoms. The minimum Gasteiger partial charge on any atom is -0.456 e. The molecule has 2 fully saturated rings. The Hall–Kier alpha value is -2.90. The van der Waals surface area contributed by atoms with E-state index in [1.807, 2.05) is 42.5 Å². The van der Waals surface area contributed by atoms with Gasteiger partial charge in [-0.25, -0.2) is 0 Å². The van der Waals surface area contributed by atoms with Crippen molar-refractivity contribution in [2.24, 2.45) is 5.92 Å². The molecule has 2 saturated heterocycles. The molecule has 0 aromatic heterocycles. The lowest BCUT2D eigenvalue weighted by Crippen LogP contribution is -2.38.